The third-order valence-corrected chi connectivity index (χ3v) is 4.54. The number of carbonyl (C=O) groups is 1. The highest BCUT2D eigenvalue weighted by atomic mass is 35.5. The highest BCUT2D eigenvalue weighted by Crippen LogP contribution is 2.29. The molecule has 0 N–H and O–H groups in total. The van der Waals surface area contributed by atoms with E-state index in [1.54, 1.807) is 23.8 Å². The van der Waals surface area contributed by atoms with Crippen molar-refractivity contribution in [1.82, 2.24) is 14.8 Å². The number of carbonyl (C=O) groups excluding carboxylic acids is 1. The van der Waals surface area contributed by atoms with E-state index in [1.165, 1.54) is 0 Å². The minimum absolute atomic E-state index is 0.213. The van der Waals surface area contributed by atoms with Gasteiger partial charge in [-0.1, -0.05) is 23.4 Å². The molecule has 3 aromatic rings. The number of ether oxygens (including phenoxy) is 1. The third kappa shape index (κ3) is 3.94. The molecule has 0 radical (unpaired) electrons. The molecule has 1 aromatic heterocycles. The van der Waals surface area contributed by atoms with Crippen molar-refractivity contribution >= 4 is 29.3 Å². The van der Waals surface area contributed by atoms with Gasteiger partial charge in [0.2, 0.25) is 0 Å². The van der Waals surface area contributed by atoms with Crippen LogP contribution in [-0.2, 0) is 4.79 Å². The van der Waals surface area contributed by atoms with Crippen LogP contribution in [0.3, 0.4) is 0 Å². The lowest BCUT2D eigenvalue weighted by Crippen LogP contribution is -2.24. The number of nitrogens with zero attached hydrogens (tertiary/aromatic N) is 3. The van der Waals surface area contributed by atoms with Crippen molar-refractivity contribution in [3.05, 3.63) is 53.6 Å². The Morgan fingerprint density at radius 1 is 1.16 bits per heavy atom. The lowest BCUT2D eigenvalue weighted by atomic mass is 10.2. The molecule has 0 aliphatic rings. The summed E-state index contributed by atoms with van der Waals surface area (Å²) in [5.74, 6) is -0.0756. The third-order valence-electron chi connectivity index (χ3n) is 3.39. The second kappa shape index (κ2) is 7.58. The summed E-state index contributed by atoms with van der Waals surface area (Å²) in [7, 11) is 1.59. The Hall–Kier alpha value is -2.51. The molecular weight excluding hydrogens is 362 g/mol. The molecule has 1 heterocycles. The van der Waals surface area contributed by atoms with Gasteiger partial charge in [-0.3, -0.25) is 4.57 Å². The average molecular weight is 375 g/mol. The molecule has 25 heavy (non-hydrogen) atoms. The SMILES string of the molecule is COc1ccc(-n2c(SCC(=O)[O-])nnc2-c2ccc(Cl)cc2)cc1. The van der Waals surface area contributed by atoms with Crippen molar-refractivity contribution < 1.29 is 14.6 Å². The second-order valence-corrected chi connectivity index (χ2v) is 6.39. The van der Waals surface area contributed by atoms with Crippen molar-refractivity contribution in [2.45, 2.75) is 5.16 Å². The zero-order chi connectivity index (χ0) is 17.8. The Kier molecular flexibility index (Phi) is 5.25. The van der Waals surface area contributed by atoms with Gasteiger partial charge >= 0.3 is 0 Å². The summed E-state index contributed by atoms with van der Waals surface area (Å²) in [5.41, 5.74) is 1.60. The Morgan fingerprint density at radius 3 is 2.44 bits per heavy atom. The molecule has 6 nitrogen and oxygen atoms in total. The van der Waals surface area contributed by atoms with Gasteiger partial charge in [0, 0.05) is 22.0 Å². The molecule has 8 heteroatoms. The fraction of sp³-hybridized carbons (Fsp3) is 0.118. The quantitative estimate of drug-likeness (QED) is 0.616. The van der Waals surface area contributed by atoms with Gasteiger partial charge in [0.15, 0.2) is 11.0 Å². The Morgan fingerprint density at radius 2 is 1.84 bits per heavy atom. The molecule has 128 valence electrons. The highest BCUT2D eigenvalue weighted by molar-refractivity contribution is 7.99. The van der Waals surface area contributed by atoms with Crippen molar-refractivity contribution in [2.75, 3.05) is 12.9 Å². The summed E-state index contributed by atoms with van der Waals surface area (Å²) in [5, 5.41) is 20.2. The number of halogens is 1. The maximum atomic E-state index is 10.8. The smallest absolute Gasteiger partial charge is 0.196 e. The van der Waals surface area contributed by atoms with E-state index in [1.807, 2.05) is 36.4 Å². The molecular formula is C17H13ClN3O3S-. The van der Waals surface area contributed by atoms with Crippen LogP contribution in [0.5, 0.6) is 5.75 Å². The fourth-order valence-corrected chi connectivity index (χ4v) is 3.03. The maximum absolute atomic E-state index is 10.8. The van der Waals surface area contributed by atoms with E-state index in [0.717, 1.165) is 23.0 Å². The average Bonchev–Trinajstić information content (AvgIpc) is 3.04. The normalized spacial score (nSPS) is 10.6. The van der Waals surface area contributed by atoms with Gasteiger partial charge in [0.25, 0.3) is 0 Å². The molecule has 0 spiro atoms. The Bertz CT molecular complexity index is 879. The van der Waals surface area contributed by atoms with Crippen LogP contribution in [-0.4, -0.2) is 33.6 Å². The van der Waals surface area contributed by atoms with E-state index < -0.39 is 5.97 Å². The van der Waals surface area contributed by atoms with Gasteiger partial charge in [0.05, 0.1) is 13.1 Å². The first-order chi connectivity index (χ1) is 12.1. The molecule has 0 amide bonds. The number of aromatic nitrogens is 3. The monoisotopic (exact) mass is 374 g/mol. The lowest BCUT2D eigenvalue weighted by Gasteiger charge is -2.11. The van der Waals surface area contributed by atoms with Gasteiger partial charge in [-0.25, -0.2) is 0 Å². The number of rotatable bonds is 6. The molecule has 3 rings (SSSR count). The predicted octanol–water partition coefficient (Wildman–Crippen LogP) is 2.44. The standard InChI is InChI=1S/C17H14ClN3O3S/c1-24-14-8-6-13(7-9-14)21-16(11-2-4-12(18)5-3-11)19-20-17(21)25-10-15(22)23/h2-9H,10H2,1H3,(H,22,23)/p-1. The minimum Gasteiger partial charge on any atom is -0.549 e. The van der Waals surface area contributed by atoms with E-state index in [2.05, 4.69) is 10.2 Å². The first-order valence-electron chi connectivity index (χ1n) is 7.27. The number of methoxy groups -OCH3 is 1. The minimum atomic E-state index is -1.16. The lowest BCUT2D eigenvalue weighted by molar-refractivity contribution is -0.301. The van der Waals surface area contributed by atoms with Crippen molar-refractivity contribution in [3.63, 3.8) is 0 Å². The largest absolute Gasteiger partial charge is 0.549 e. The van der Waals surface area contributed by atoms with Gasteiger partial charge in [-0.05, 0) is 48.5 Å². The van der Waals surface area contributed by atoms with Gasteiger partial charge in [0.1, 0.15) is 5.75 Å². The number of carboxylic acid groups (broad SMARTS) is 1. The molecule has 0 aliphatic heterocycles. The summed E-state index contributed by atoms with van der Waals surface area (Å²) in [6.45, 7) is 0. The summed E-state index contributed by atoms with van der Waals surface area (Å²) < 4.78 is 6.97. The first-order valence-corrected chi connectivity index (χ1v) is 8.63. The number of hydrogen-bond acceptors (Lipinski definition) is 6. The van der Waals surface area contributed by atoms with E-state index in [9.17, 15) is 9.90 Å². The van der Waals surface area contributed by atoms with Crippen LogP contribution in [0.15, 0.2) is 53.7 Å². The fourth-order valence-electron chi connectivity index (χ4n) is 2.24. The molecule has 0 bridgehead atoms. The first kappa shape index (κ1) is 17.3. The summed E-state index contributed by atoms with van der Waals surface area (Å²) in [6, 6.07) is 14.5. The molecule has 0 saturated carbocycles. The van der Waals surface area contributed by atoms with Crippen LogP contribution < -0.4 is 9.84 Å². The molecule has 2 aromatic carbocycles. The molecule has 0 atom stereocenters. The highest BCUT2D eigenvalue weighted by Gasteiger charge is 2.16. The van der Waals surface area contributed by atoms with E-state index >= 15 is 0 Å². The van der Waals surface area contributed by atoms with Gasteiger partial charge in [-0.15, -0.1) is 10.2 Å². The van der Waals surface area contributed by atoms with E-state index in [0.29, 0.717) is 21.8 Å². The van der Waals surface area contributed by atoms with Crippen molar-refractivity contribution in [3.8, 4) is 22.8 Å². The number of benzene rings is 2. The van der Waals surface area contributed by atoms with Gasteiger partial charge < -0.3 is 14.6 Å². The zero-order valence-electron chi connectivity index (χ0n) is 13.2. The van der Waals surface area contributed by atoms with E-state index in [-0.39, 0.29) is 5.75 Å². The van der Waals surface area contributed by atoms with Crippen LogP contribution in [0, 0.1) is 0 Å². The van der Waals surface area contributed by atoms with Crippen LogP contribution in [0.25, 0.3) is 17.1 Å². The maximum Gasteiger partial charge on any atom is 0.196 e. The second-order valence-electron chi connectivity index (χ2n) is 5.01. The predicted molar refractivity (Wildman–Crippen MR) is 94.1 cm³/mol. The molecule has 0 fully saturated rings. The van der Waals surface area contributed by atoms with Crippen LogP contribution in [0.2, 0.25) is 5.02 Å². The Labute approximate surface area is 153 Å². The van der Waals surface area contributed by atoms with E-state index in [4.69, 9.17) is 16.3 Å². The molecule has 0 unspecified atom stereocenters. The number of thioether (sulfide) groups is 1. The number of hydrogen-bond donors (Lipinski definition) is 0. The summed E-state index contributed by atoms with van der Waals surface area (Å²) >= 11 is 6.99. The Balaban J connectivity index is 2.08. The van der Waals surface area contributed by atoms with Crippen LogP contribution in [0.4, 0.5) is 0 Å². The van der Waals surface area contributed by atoms with Gasteiger partial charge in [-0.2, -0.15) is 0 Å². The number of aliphatic carboxylic acids is 1. The zero-order valence-corrected chi connectivity index (χ0v) is 14.8. The topological polar surface area (TPSA) is 80.1 Å². The van der Waals surface area contributed by atoms with Crippen molar-refractivity contribution in [1.29, 1.82) is 0 Å². The van der Waals surface area contributed by atoms with Crippen LogP contribution >= 0.6 is 23.4 Å². The molecule has 0 aliphatic carbocycles. The van der Waals surface area contributed by atoms with Crippen molar-refractivity contribution in [2.24, 2.45) is 0 Å². The molecule has 0 saturated heterocycles. The number of carboxylic acids is 1. The summed E-state index contributed by atoms with van der Waals surface area (Å²) in [6.07, 6.45) is 0. The van der Waals surface area contributed by atoms with Crippen LogP contribution in [0.1, 0.15) is 0 Å². The summed E-state index contributed by atoms with van der Waals surface area (Å²) in [4.78, 5) is 10.8.